The van der Waals surface area contributed by atoms with Gasteiger partial charge in [-0.3, -0.25) is 10.1 Å². The van der Waals surface area contributed by atoms with E-state index in [1.165, 1.54) is 11.8 Å². The van der Waals surface area contributed by atoms with Crippen molar-refractivity contribution in [3.05, 3.63) is 58.1 Å². The third kappa shape index (κ3) is 3.51. The van der Waals surface area contributed by atoms with Gasteiger partial charge in [-0.15, -0.1) is 0 Å². The fourth-order valence-corrected chi connectivity index (χ4v) is 2.65. The molecule has 2 aromatic carbocycles. The summed E-state index contributed by atoms with van der Waals surface area (Å²) in [5.41, 5.74) is 1.02. The first kappa shape index (κ1) is 14.4. The average molecular weight is 289 g/mol. The first-order valence-corrected chi connectivity index (χ1v) is 7.07. The molecule has 0 heterocycles. The number of nitrogens with zero attached hydrogens (tertiary/aromatic N) is 1. The number of nitro groups is 1. The van der Waals surface area contributed by atoms with Crippen molar-refractivity contribution < 1.29 is 9.66 Å². The van der Waals surface area contributed by atoms with Crippen LogP contribution in [0.4, 0.5) is 5.69 Å². The van der Waals surface area contributed by atoms with Crippen LogP contribution in [0.25, 0.3) is 0 Å². The largest absolute Gasteiger partial charge is 0.494 e. The van der Waals surface area contributed by atoms with E-state index in [4.69, 9.17) is 4.74 Å². The second-order valence-corrected chi connectivity index (χ2v) is 5.35. The first-order chi connectivity index (χ1) is 9.60. The van der Waals surface area contributed by atoms with E-state index in [1.807, 2.05) is 44.2 Å². The van der Waals surface area contributed by atoms with E-state index in [-0.39, 0.29) is 10.6 Å². The lowest BCUT2D eigenvalue weighted by Gasteiger charge is -2.06. The summed E-state index contributed by atoms with van der Waals surface area (Å²) in [7, 11) is 0. The van der Waals surface area contributed by atoms with E-state index in [9.17, 15) is 10.1 Å². The average Bonchev–Trinajstić information content (AvgIpc) is 2.43. The number of aryl methyl sites for hydroxylation is 1. The second-order valence-electron chi connectivity index (χ2n) is 4.23. The van der Waals surface area contributed by atoms with Crippen LogP contribution in [0.15, 0.2) is 52.3 Å². The molecule has 0 bridgehead atoms. The third-order valence-corrected chi connectivity index (χ3v) is 3.75. The molecule has 0 atom stereocenters. The summed E-state index contributed by atoms with van der Waals surface area (Å²) in [5, 5.41) is 11.1. The molecule has 104 valence electrons. The molecule has 0 aliphatic carbocycles. The molecule has 0 radical (unpaired) electrons. The maximum Gasteiger partial charge on any atom is 0.283 e. The van der Waals surface area contributed by atoms with Gasteiger partial charge in [0.05, 0.1) is 16.4 Å². The highest BCUT2D eigenvalue weighted by Gasteiger charge is 2.14. The number of nitro benzene ring substituents is 1. The van der Waals surface area contributed by atoms with Crippen molar-refractivity contribution in [2.24, 2.45) is 0 Å². The van der Waals surface area contributed by atoms with Gasteiger partial charge in [0, 0.05) is 11.0 Å². The minimum atomic E-state index is -0.343. The van der Waals surface area contributed by atoms with Crippen LogP contribution in [-0.2, 0) is 0 Å². The lowest BCUT2D eigenvalue weighted by Crippen LogP contribution is -1.92. The number of hydrogen-bond acceptors (Lipinski definition) is 4. The highest BCUT2D eigenvalue weighted by molar-refractivity contribution is 7.99. The predicted molar refractivity (Wildman–Crippen MR) is 79.6 cm³/mol. The Hall–Kier alpha value is -2.01. The molecule has 2 aromatic rings. The molecule has 20 heavy (non-hydrogen) atoms. The number of ether oxygens (including phenoxy) is 1. The van der Waals surface area contributed by atoms with E-state index < -0.39 is 0 Å². The van der Waals surface area contributed by atoms with Gasteiger partial charge in [0.2, 0.25) is 0 Å². The molecule has 0 N–H and O–H groups in total. The zero-order chi connectivity index (χ0) is 14.5. The van der Waals surface area contributed by atoms with Gasteiger partial charge in [0.15, 0.2) is 0 Å². The number of benzene rings is 2. The smallest absolute Gasteiger partial charge is 0.283 e. The molecule has 0 saturated heterocycles. The molecule has 0 aliphatic rings. The Morgan fingerprint density at radius 1 is 1.20 bits per heavy atom. The van der Waals surface area contributed by atoms with Crippen LogP contribution in [0.2, 0.25) is 0 Å². The van der Waals surface area contributed by atoms with Gasteiger partial charge in [-0.25, -0.2) is 0 Å². The van der Waals surface area contributed by atoms with Crippen LogP contribution in [0.3, 0.4) is 0 Å². The summed E-state index contributed by atoms with van der Waals surface area (Å²) < 4.78 is 5.37. The van der Waals surface area contributed by atoms with E-state index in [0.29, 0.717) is 11.5 Å². The zero-order valence-electron chi connectivity index (χ0n) is 11.3. The quantitative estimate of drug-likeness (QED) is 0.602. The maximum absolute atomic E-state index is 11.1. The highest BCUT2D eigenvalue weighted by atomic mass is 32.2. The molecule has 0 spiro atoms. The van der Waals surface area contributed by atoms with Gasteiger partial charge in [0.1, 0.15) is 5.75 Å². The summed E-state index contributed by atoms with van der Waals surface area (Å²) in [6.45, 7) is 4.40. The molecular formula is C15H15NO3S. The fourth-order valence-electron chi connectivity index (χ4n) is 1.75. The van der Waals surface area contributed by atoms with Crippen LogP contribution in [0.5, 0.6) is 5.75 Å². The minimum absolute atomic E-state index is 0.142. The topological polar surface area (TPSA) is 52.4 Å². The molecule has 0 fully saturated rings. The summed E-state index contributed by atoms with van der Waals surface area (Å²) >= 11 is 1.38. The van der Waals surface area contributed by atoms with Crippen LogP contribution in [0.1, 0.15) is 12.5 Å². The predicted octanol–water partition coefficient (Wildman–Crippen LogP) is 4.45. The third-order valence-electron chi connectivity index (χ3n) is 2.67. The Bertz CT molecular complexity index is 611. The van der Waals surface area contributed by atoms with E-state index >= 15 is 0 Å². The van der Waals surface area contributed by atoms with Gasteiger partial charge < -0.3 is 4.74 Å². The van der Waals surface area contributed by atoms with Crippen molar-refractivity contribution in [3.8, 4) is 5.75 Å². The van der Waals surface area contributed by atoms with Crippen LogP contribution < -0.4 is 4.74 Å². The van der Waals surface area contributed by atoms with Gasteiger partial charge in [0.25, 0.3) is 5.69 Å². The molecule has 0 unspecified atom stereocenters. The summed E-state index contributed by atoms with van der Waals surface area (Å²) in [6, 6.07) is 12.8. The Morgan fingerprint density at radius 2 is 1.90 bits per heavy atom. The Morgan fingerprint density at radius 3 is 2.50 bits per heavy atom. The van der Waals surface area contributed by atoms with Crippen molar-refractivity contribution in [2.45, 2.75) is 23.6 Å². The van der Waals surface area contributed by atoms with E-state index in [1.54, 1.807) is 12.1 Å². The molecule has 5 heteroatoms. The van der Waals surface area contributed by atoms with Gasteiger partial charge in [-0.05, 0) is 49.7 Å². The normalized spacial score (nSPS) is 10.3. The van der Waals surface area contributed by atoms with Crippen molar-refractivity contribution in [1.29, 1.82) is 0 Å². The highest BCUT2D eigenvalue weighted by Crippen LogP contribution is 2.35. The standard InChI is InChI=1S/C15H15NO3S/c1-3-19-12-5-7-13(8-6-12)20-15-9-4-11(2)10-14(15)16(17)18/h4-10H,3H2,1-2H3. The molecule has 0 saturated carbocycles. The minimum Gasteiger partial charge on any atom is -0.494 e. The molecular weight excluding hydrogens is 274 g/mol. The van der Waals surface area contributed by atoms with Crippen molar-refractivity contribution in [3.63, 3.8) is 0 Å². The van der Waals surface area contributed by atoms with Crippen LogP contribution >= 0.6 is 11.8 Å². The fraction of sp³-hybridized carbons (Fsp3) is 0.200. The lowest BCUT2D eigenvalue weighted by atomic mass is 10.2. The Labute approximate surface area is 121 Å². The van der Waals surface area contributed by atoms with Gasteiger partial charge in [-0.1, -0.05) is 17.8 Å². The molecule has 0 amide bonds. The van der Waals surface area contributed by atoms with E-state index in [0.717, 1.165) is 16.2 Å². The first-order valence-electron chi connectivity index (χ1n) is 6.26. The second kappa shape index (κ2) is 6.43. The molecule has 4 nitrogen and oxygen atoms in total. The van der Waals surface area contributed by atoms with Crippen LogP contribution in [0, 0.1) is 17.0 Å². The van der Waals surface area contributed by atoms with Crippen molar-refractivity contribution in [1.82, 2.24) is 0 Å². The number of rotatable bonds is 5. The Kier molecular flexibility index (Phi) is 4.63. The van der Waals surface area contributed by atoms with Crippen molar-refractivity contribution >= 4 is 17.4 Å². The monoisotopic (exact) mass is 289 g/mol. The lowest BCUT2D eigenvalue weighted by molar-refractivity contribution is -0.387. The number of hydrogen-bond donors (Lipinski definition) is 0. The molecule has 0 aromatic heterocycles. The summed E-state index contributed by atoms with van der Waals surface area (Å²) in [5.74, 6) is 0.801. The van der Waals surface area contributed by atoms with Crippen LogP contribution in [-0.4, -0.2) is 11.5 Å². The summed E-state index contributed by atoms with van der Waals surface area (Å²) in [4.78, 5) is 12.3. The molecule has 0 aliphatic heterocycles. The summed E-state index contributed by atoms with van der Waals surface area (Å²) in [6.07, 6.45) is 0. The zero-order valence-corrected chi connectivity index (χ0v) is 12.1. The Balaban J connectivity index is 2.23. The van der Waals surface area contributed by atoms with Gasteiger partial charge >= 0.3 is 0 Å². The van der Waals surface area contributed by atoms with Gasteiger partial charge in [-0.2, -0.15) is 0 Å². The van der Waals surface area contributed by atoms with E-state index in [2.05, 4.69) is 0 Å². The maximum atomic E-state index is 11.1. The SMILES string of the molecule is CCOc1ccc(Sc2ccc(C)cc2[N+](=O)[O-])cc1. The molecule has 2 rings (SSSR count). The van der Waals surface area contributed by atoms with Crippen molar-refractivity contribution in [2.75, 3.05) is 6.61 Å².